The number of carbonyl (C=O) groups is 1. The number of benzene rings is 1. The number of rotatable bonds is 6. The van der Waals surface area contributed by atoms with Crippen molar-refractivity contribution in [3.8, 4) is 11.5 Å². The molecule has 1 N–H and O–H groups in total. The van der Waals surface area contributed by atoms with Gasteiger partial charge in [0.2, 0.25) is 5.91 Å². The van der Waals surface area contributed by atoms with Crippen molar-refractivity contribution in [3.63, 3.8) is 0 Å². The lowest BCUT2D eigenvalue weighted by Gasteiger charge is -2.09. The summed E-state index contributed by atoms with van der Waals surface area (Å²) in [5.74, 6) is 1.35. The van der Waals surface area contributed by atoms with Crippen LogP contribution in [0, 0.1) is 0 Å². The smallest absolute Gasteiger partial charge is 0.224 e. The van der Waals surface area contributed by atoms with Crippen LogP contribution in [0.25, 0.3) is 11.0 Å². The monoisotopic (exact) mass is 339 g/mol. The molecule has 25 heavy (non-hydrogen) atoms. The molecule has 0 aliphatic rings. The topological polar surface area (TPSA) is 65.4 Å². The number of fused-ring (bicyclic) bond motifs is 1. The fraction of sp³-hybridized carbons (Fsp3) is 0.263. The number of nitrogens with zero attached hydrogens (tertiary/aromatic N) is 2. The summed E-state index contributed by atoms with van der Waals surface area (Å²) >= 11 is 0. The van der Waals surface area contributed by atoms with E-state index in [1.165, 1.54) is 0 Å². The Bertz CT molecular complexity index is 880. The lowest BCUT2D eigenvalue weighted by atomic mass is 10.1. The van der Waals surface area contributed by atoms with Gasteiger partial charge in [0.05, 0.1) is 20.6 Å². The van der Waals surface area contributed by atoms with Gasteiger partial charge in [-0.1, -0.05) is 0 Å². The van der Waals surface area contributed by atoms with Crippen molar-refractivity contribution in [1.82, 2.24) is 14.9 Å². The fourth-order valence-corrected chi connectivity index (χ4v) is 2.84. The molecule has 6 heteroatoms. The quantitative estimate of drug-likeness (QED) is 0.749. The van der Waals surface area contributed by atoms with Crippen molar-refractivity contribution in [2.75, 3.05) is 14.2 Å². The van der Waals surface area contributed by atoms with Crippen LogP contribution >= 0.6 is 0 Å². The number of aryl methyl sites for hydroxylation is 1. The number of hydrogen-bond donors (Lipinski definition) is 1. The molecule has 0 atom stereocenters. The Morgan fingerprint density at radius 1 is 1.20 bits per heavy atom. The van der Waals surface area contributed by atoms with Crippen molar-refractivity contribution >= 4 is 16.9 Å². The summed E-state index contributed by atoms with van der Waals surface area (Å²) in [5, 5.41) is 3.95. The molecule has 0 radical (unpaired) electrons. The number of nitrogens with one attached hydrogen (secondary N) is 1. The van der Waals surface area contributed by atoms with E-state index in [-0.39, 0.29) is 5.91 Å². The average Bonchev–Trinajstić information content (AvgIpc) is 2.95. The van der Waals surface area contributed by atoms with E-state index >= 15 is 0 Å². The zero-order valence-corrected chi connectivity index (χ0v) is 14.6. The molecule has 0 aliphatic heterocycles. The maximum absolute atomic E-state index is 12.3. The summed E-state index contributed by atoms with van der Waals surface area (Å²) in [6.45, 7) is 0.412. The van der Waals surface area contributed by atoms with E-state index in [2.05, 4.69) is 10.3 Å². The van der Waals surface area contributed by atoms with Crippen LogP contribution in [-0.4, -0.2) is 29.7 Å². The van der Waals surface area contributed by atoms with Gasteiger partial charge in [0.25, 0.3) is 0 Å². The Morgan fingerprint density at radius 3 is 2.60 bits per heavy atom. The fourth-order valence-electron chi connectivity index (χ4n) is 2.84. The maximum Gasteiger partial charge on any atom is 0.224 e. The first-order chi connectivity index (χ1) is 12.1. The van der Waals surface area contributed by atoms with Crippen LogP contribution in [0.5, 0.6) is 11.5 Å². The standard InChI is InChI=1S/C19H21N3O3/c1-22-12-14(17-5-4-6-20-19(17)22)9-18(23)21-11-13-7-15(24-2)10-16(8-13)25-3/h4-8,10,12H,9,11H2,1-3H3,(H,21,23). The Balaban J connectivity index is 1.69. The summed E-state index contributed by atoms with van der Waals surface area (Å²) in [6.07, 6.45) is 4.01. The number of pyridine rings is 1. The van der Waals surface area contributed by atoms with E-state index in [1.807, 2.05) is 42.1 Å². The second kappa shape index (κ2) is 7.25. The van der Waals surface area contributed by atoms with Crippen LogP contribution in [0.1, 0.15) is 11.1 Å². The van der Waals surface area contributed by atoms with Crippen molar-refractivity contribution in [2.24, 2.45) is 7.05 Å². The lowest BCUT2D eigenvalue weighted by Crippen LogP contribution is -2.24. The van der Waals surface area contributed by atoms with Crippen molar-refractivity contribution < 1.29 is 14.3 Å². The number of ether oxygens (including phenoxy) is 2. The van der Waals surface area contributed by atoms with Crippen LogP contribution in [0.15, 0.2) is 42.7 Å². The normalized spacial score (nSPS) is 10.7. The molecule has 3 rings (SSSR count). The molecule has 6 nitrogen and oxygen atoms in total. The molecule has 3 aromatic rings. The van der Waals surface area contributed by atoms with E-state index in [0.29, 0.717) is 24.5 Å². The first-order valence-electron chi connectivity index (χ1n) is 7.98. The molecular weight excluding hydrogens is 318 g/mol. The van der Waals surface area contributed by atoms with E-state index in [0.717, 1.165) is 22.2 Å². The summed E-state index contributed by atoms with van der Waals surface area (Å²) in [4.78, 5) is 16.7. The van der Waals surface area contributed by atoms with E-state index in [1.54, 1.807) is 26.5 Å². The Morgan fingerprint density at radius 2 is 1.92 bits per heavy atom. The summed E-state index contributed by atoms with van der Waals surface area (Å²) in [6, 6.07) is 9.42. The number of carbonyl (C=O) groups excluding carboxylic acids is 1. The molecule has 0 aliphatic carbocycles. The summed E-state index contributed by atoms with van der Waals surface area (Å²) in [5.41, 5.74) is 2.76. The molecule has 1 amide bonds. The van der Waals surface area contributed by atoms with Gasteiger partial charge in [-0.25, -0.2) is 4.98 Å². The van der Waals surface area contributed by atoms with Crippen molar-refractivity contribution in [3.05, 3.63) is 53.9 Å². The SMILES string of the molecule is COc1cc(CNC(=O)Cc2cn(C)c3ncccc23)cc(OC)c1. The van der Waals surface area contributed by atoms with Crippen molar-refractivity contribution in [1.29, 1.82) is 0 Å². The van der Waals surface area contributed by atoms with Gasteiger partial charge in [-0.3, -0.25) is 4.79 Å². The van der Waals surface area contributed by atoms with Crippen LogP contribution in [0.4, 0.5) is 0 Å². The van der Waals surface area contributed by atoms with Crippen LogP contribution in [0.3, 0.4) is 0 Å². The predicted octanol–water partition coefficient (Wildman–Crippen LogP) is 2.45. The second-order valence-corrected chi connectivity index (χ2v) is 5.81. The number of hydrogen-bond acceptors (Lipinski definition) is 4. The maximum atomic E-state index is 12.3. The van der Waals surface area contributed by atoms with Gasteiger partial charge in [0, 0.05) is 37.4 Å². The van der Waals surface area contributed by atoms with Gasteiger partial charge in [0.1, 0.15) is 17.1 Å². The minimum Gasteiger partial charge on any atom is -0.497 e. The Hall–Kier alpha value is -3.02. The van der Waals surface area contributed by atoms with Crippen LogP contribution in [0.2, 0.25) is 0 Å². The highest BCUT2D eigenvalue weighted by Gasteiger charge is 2.11. The Labute approximate surface area is 146 Å². The third-order valence-electron chi connectivity index (χ3n) is 4.07. The Kier molecular flexibility index (Phi) is 4.88. The number of amides is 1. The van der Waals surface area contributed by atoms with E-state index in [4.69, 9.17) is 9.47 Å². The third kappa shape index (κ3) is 3.74. The molecule has 0 unspecified atom stereocenters. The van der Waals surface area contributed by atoms with Gasteiger partial charge >= 0.3 is 0 Å². The van der Waals surface area contributed by atoms with Gasteiger partial charge < -0.3 is 19.4 Å². The van der Waals surface area contributed by atoms with E-state index < -0.39 is 0 Å². The summed E-state index contributed by atoms with van der Waals surface area (Å²) < 4.78 is 12.4. The molecular formula is C19H21N3O3. The highest BCUT2D eigenvalue weighted by Crippen LogP contribution is 2.22. The molecule has 1 aromatic carbocycles. The van der Waals surface area contributed by atoms with Gasteiger partial charge in [-0.05, 0) is 35.4 Å². The highest BCUT2D eigenvalue weighted by molar-refractivity contribution is 5.87. The first-order valence-corrected chi connectivity index (χ1v) is 7.98. The number of methoxy groups -OCH3 is 2. The molecule has 2 aromatic heterocycles. The molecule has 2 heterocycles. The molecule has 0 spiro atoms. The average molecular weight is 339 g/mol. The predicted molar refractivity (Wildman–Crippen MR) is 95.8 cm³/mol. The zero-order chi connectivity index (χ0) is 17.8. The molecule has 0 bridgehead atoms. The zero-order valence-electron chi connectivity index (χ0n) is 14.6. The van der Waals surface area contributed by atoms with Crippen molar-refractivity contribution in [2.45, 2.75) is 13.0 Å². The van der Waals surface area contributed by atoms with Gasteiger partial charge in [-0.2, -0.15) is 0 Å². The number of aromatic nitrogens is 2. The van der Waals surface area contributed by atoms with Crippen LogP contribution < -0.4 is 14.8 Å². The minimum absolute atomic E-state index is 0.0434. The first kappa shape index (κ1) is 16.8. The lowest BCUT2D eigenvalue weighted by molar-refractivity contribution is -0.120. The minimum atomic E-state index is -0.0434. The molecule has 0 saturated heterocycles. The van der Waals surface area contributed by atoms with Gasteiger partial charge in [-0.15, -0.1) is 0 Å². The van der Waals surface area contributed by atoms with E-state index in [9.17, 15) is 4.79 Å². The molecule has 130 valence electrons. The highest BCUT2D eigenvalue weighted by atomic mass is 16.5. The summed E-state index contributed by atoms with van der Waals surface area (Å²) in [7, 11) is 5.14. The molecule has 0 fully saturated rings. The molecule has 0 saturated carbocycles. The van der Waals surface area contributed by atoms with Gasteiger partial charge in [0.15, 0.2) is 0 Å². The third-order valence-corrected chi connectivity index (χ3v) is 4.07. The second-order valence-electron chi connectivity index (χ2n) is 5.81. The largest absolute Gasteiger partial charge is 0.497 e. The van der Waals surface area contributed by atoms with Crippen LogP contribution in [-0.2, 0) is 24.8 Å².